The van der Waals surface area contributed by atoms with Crippen molar-refractivity contribution in [1.29, 1.82) is 0 Å². The number of rotatable bonds is 4. The van der Waals surface area contributed by atoms with E-state index in [0.29, 0.717) is 0 Å². The second-order valence-electron chi connectivity index (χ2n) is 9.66. The summed E-state index contributed by atoms with van der Waals surface area (Å²) in [7, 11) is 0. The van der Waals surface area contributed by atoms with Crippen molar-refractivity contribution in [2.24, 2.45) is 0 Å². The van der Waals surface area contributed by atoms with Gasteiger partial charge in [-0.3, -0.25) is 37.5 Å². The molecule has 0 saturated heterocycles. The van der Waals surface area contributed by atoms with Crippen LogP contribution in [-0.2, 0) is 17.1 Å². The summed E-state index contributed by atoms with van der Waals surface area (Å²) in [6.07, 6.45) is 9.55. The van der Waals surface area contributed by atoms with Gasteiger partial charge >= 0.3 is 17.1 Å². The summed E-state index contributed by atoms with van der Waals surface area (Å²) < 4.78 is 103. The molecule has 6 nitrogen and oxygen atoms in total. The van der Waals surface area contributed by atoms with Crippen molar-refractivity contribution in [3.63, 3.8) is 0 Å². The Bertz CT molecular complexity index is 2030. The maximum atomic E-state index is 13.3. The summed E-state index contributed by atoms with van der Waals surface area (Å²) in [5.74, 6) is -13.6. The summed E-state index contributed by atoms with van der Waals surface area (Å²) >= 11 is 0. The third kappa shape index (κ3) is 9.21. The van der Waals surface area contributed by atoms with Crippen molar-refractivity contribution < 1.29 is 52.2 Å². The zero-order valence-electron chi connectivity index (χ0n) is 25.5. The Kier molecular flexibility index (Phi) is 13.1. The molecule has 0 spiro atoms. The van der Waals surface area contributed by atoms with Crippen LogP contribution >= 0.6 is 0 Å². The van der Waals surface area contributed by atoms with E-state index in [4.69, 9.17) is 0 Å². The van der Waals surface area contributed by atoms with Crippen LogP contribution in [0.25, 0.3) is 45.3 Å². The van der Waals surface area contributed by atoms with E-state index in [1.807, 2.05) is 36.4 Å². The molecule has 0 fully saturated rings. The van der Waals surface area contributed by atoms with Crippen molar-refractivity contribution in [3.05, 3.63) is 169 Å². The quantitative estimate of drug-likeness (QED) is 0.0590. The molecule has 0 amide bonds. The molecular formula is C36H18F8FeN6. The van der Waals surface area contributed by atoms with Crippen LogP contribution in [0.15, 0.2) is 110 Å². The van der Waals surface area contributed by atoms with E-state index in [2.05, 4.69) is 29.9 Å². The van der Waals surface area contributed by atoms with Crippen molar-refractivity contribution in [1.82, 2.24) is 29.9 Å². The molecule has 0 radical (unpaired) electrons. The van der Waals surface area contributed by atoms with Crippen molar-refractivity contribution in [2.75, 3.05) is 0 Å². The van der Waals surface area contributed by atoms with Gasteiger partial charge in [0.15, 0.2) is 0 Å². The first kappa shape index (κ1) is 37.9. The fourth-order valence-corrected chi connectivity index (χ4v) is 4.04. The molecule has 7 aromatic rings. The predicted octanol–water partition coefficient (Wildman–Crippen LogP) is 8.81. The Labute approximate surface area is 295 Å². The van der Waals surface area contributed by atoms with Crippen molar-refractivity contribution in [3.8, 4) is 45.3 Å². The Morgan fingerprint density at radius 3 is 0.922 bits per heavy atom. The minimum atomic E-state index is -1.88. The minimum Gasteiger partial charge on any atom is -0.305 e. The smallest absolute Gasteiger partial charge is 0.305 e. The summed E-state index contributed by atoms with van der Waals surface area (Å²) in [6, 6.07) is 23.8. The first-order valence-electron chi connectivity index (χ1n) is 14.1. The molecule has 0 aliphatic carbocycles. The van der Waals surface area contributed by atoms with Gasteiger partial charge in [0.05, 0.1) is 47.1 Å². The van der Waals surface area contributed by atoms with Crippen molar-refractivity contribution >= 4 is 0 Å². The van der Waals surface area contributed by atoms with Crippen LogP contribution in [0.1, 0.15) is 0 Å². The molecule has 0 aliphatic heterocycles. The third-order valence-corrected chi connectivity index (χ3v) is 6.41. The first-order chi connectivity index (χ1) is 24.2. The average molecular weight is 742 g/mol. The van der Waals surface area contributed by atoms with Gasteiger partial charge in [0.1, 0.15) is 34.7 Å². The predicted molar refractivity (Wildman–Crippen MR) is 165 cm³/mol. The van der Waals surface area contributed by atoms with E-state index < -0.39 is 57.7 Å². The summed E-state index contributed by atoms with van der Waals surface area (Å²) in [5.41, 5.74) is 2.06. The van der Waals surface area contributed by atoms with Gasteiger partial charge in [-0.25, -0.2) is 17.6 Å². The molecule has 51 heavy (non-hydrogen) atoms. The van der Waals surface area contributed by atoms with E-state index in [-0.39, 0.29) is 28.5 Å². The number of benzene rings is 2. The minimum absolute atomic E-state index is 0. The number of hydrogen-bond donors (Lipinski definition) is 0. The molecule has 7 rings (SSSR count). The normalized spacial score (nSPS) is 10.2. The Balaban J connectivity index is 0.000000170. The number of halogens is 8. The molecule has 5 aromatic heterocycles. The number of pyridine rings is 4. The van der Waals surface area contributed by atoms with Crippen molar-refractivity contribution in [2.45, 2.75) is 0 Å². The molecule has 15 heteroatoms. The van der Waals surface area contributed by atoms with Gasteiger partial charge in [-0.15, -0.1) is 0 Å². The monoisotopic (exact) mass is 742 g/mol. The number of hydrogen-bond acceptors (Lipinski definition) is 6. The summed E-state index contributed by atoms with van der Waals surface area (Å²) in [5, 5.41) is 0. The second kappa shape index (κ2) is 17.7. The summed E-state index contributed by atoms with van der Waals surface area (Å²) in [6.45, 7) is 0. The van der Waals surface area contributed by atoms with E-state index in [1.54, 1.807) is 49.1 Å². The maximum absolute atomic E-state index is 13.3. The van der Waals surface area contributed by atoms with E-state index in [0.717, 1.165) is 22.8 Å². The van der Waals surface area contributed by atoms with Crippen LogP contribution < -0.4 is 0 Å². The Morgan fingerprint density at radius 1 is 0.333 bits per heavy atom. The number of nitrogens with zero attached hydrogens (tertiary/aromatic N) is 6. The molecule has 0 bridgehead atoms. The fraction of sp³-hybridized carbons (Fsp3) is 0. The molecule has 256 valence electrons. The zero-order valence-corrected chi connectivity index (χ0v) is 26.6. The second-order valence-corrected chi connectivity index (χ2v) is 9.66. The zero-order chi connectivity index (χ0) is 35.6. The van der Waals surface area contributed by atoms with E-state index >= 15 is 0 Å². The molecule has 0 aliphatic rings. The van der Waals surface area contributed by atoms with Gasteiger partial charge in [-0.2, -0.15) is 0 Å². The van der Waals surface area contributed by atoms with Crippen LogP contribution in [-0.4, -0.2) is 29.9 Å². The largest absolute Gasteiger partial charge is 2.00 e. The molecular weight excluding hydrogens is 724 g/mol. The van der Waals surface area contributed by atoms with Crippen LogP contribution in [0.2, 0.25) is 0 Å². The van der Waals surface area contributed by atoms with Gasteiger partial charge in [-0.05, 0) is 47.8 Å². The van der Waals surface area contributed by atoms with Crippen LogP contribution in [0.3, 0.4) is 0 Å². The third-order valence-electron chi connectivity index (χ3n) is 6.41. The van der Waals surface area contributed by atoms with Gasteiger partial charge in [0.2, 0.25) is 0 Å². The fourth-order valence-electron chi connectivity index (χ4n) is 4.04. The molecule has 0 saturated carbocycles. The van der Waals surface area contributed by atoms with E-state index in [1.165, 1.54) is 36.7 Å². The summed E-state index contributed by atoms with van der Waals surface area (Å²) in [4.78, 5) is 24.6. The van der Waals surface area contributed by atoms with Crippen LogP contribution in [0.5, 0.6) is 0 Å². The van der Waals surface area contributed by atoms with E-state index in [9.17, 15) is 35.1 Å². The van der Waals surface area contributed by atoms with Crippen LogP contribution in [0.4, 0.5) is 35.1 Å². The Hall–Kier alpha value is -5.92. The van der Waals surface area contributed by atoms with Crippen LogP contribution in [0, 0.1) is 58.7 Å². The molecule has 0 N–H and O–H groups in total. The van der Waals surface area contributed by atoms with Gasteiger partial charge in [0, 0.05) is 24.8 Å². The molecule has 0 unspecified atom stereocenters. The molecule has 5 heterocycles. The SMILES string of the molecule is Fc1[c-]c(-c2ccccn2)c(F)c(F)c1F.Fc1[c-]c(-c2ccccn2)c(F)c(F)c1F.[Fe+2].c1ccc(-c2cnc(-c3ccccn3)cn2)nc1. The topological polar surface area (TPSA) is 77.3 Å². The molecule has 0 atom stereocenters. The average Bonchev–Trinajstić information content (AvgIpc) is 3.18. The maximum Gasteiger partial charge on any atom is 2.00 e. The van der Waals surface area contributed by atoms with Gasteiger partial charge in [0.25, 0.3) is 0 Å². The Morgan fingerprint density at radius 2 is 0.647 bits per heavy atom. The molecule has 2 aromatic carbocycles. The first-order valence-corrected chi connectivity index (χ1v) is 14.1. The van der Waals surface area contributed by atoms with Gasteiger partial charge in [-0.1, -0.05) is 59.7 Å². The van der Waals surface area contributed by atoms with Gasteiger partial charge < -0.3 is 9.97 Å². The number of aromatic nitrogens is 6. The standard InChI is InChI=1S/C14H10N4.2C11H4F4N.Fe/c1-3-7-15-11(5-1)13-9-18-14(10-17-13)12-6-2-4-8-16-12;2*12-7-5-6(8-3-1-2-4-16-8)9(13)11(15)10(7)14;/h1-10H;2*1-4H;/q;2*-1;+2.